The normalized spacial score (nSPS) is 11.4. The SMILES string of the molecule is CCOC(=O)c1sc2nc(COC(=O)/C(=C/c3cccc(OC)c3)c3ccccc3)[nH]c(=O)c2c1C. The van der Waals surface area contributed by atoms with Gasteiger partial charge in [-0.1, -0.05) is 42.5 Å². The first-order valence-corrected chi connectivity index (χ1v) is 12.0. The number of hydrogen-bond acceptors (Lipinski definition) is 8. The smallest absolute Gasteiger partial charge is 0.348 e. The fourth-order valence-electron chi connectivity index (χ4n) is 3.64. The van der Waals surface area contributed by atoms with E-state index in [0.717, 1.165) is 16.9 Å². The maximum atomic E-state index is 13.1. The van der Waals surface area contributed by atoms with Crippen molar-refractivity contribution in [3.63, 3.8) is 0 Å². The van der Waals surface area contributed by atoms with E-state index in [-0.39, 0.29) is 19.0 Å². The summed E-state index contributed by atoms with van der Waals surface area (Å²) in [6.45, 7) is 3.37. The lowest BCUT2D eigenvalue weighted by atomic mass is 10.0. The molecule has 2 aromatic heterocycles. The highest BCUT2D eigenvalue weighted by Crippen LogP contribution is 2.28. The third kappa shape index (κ3) is 5.36. The molecule has 4 rings (SSSR count). The Kier molecular flexibility index (Phi) is 7.60. The molecule has 2 aromatic carbocycles. The van der Waals surface area contributed by atoms with Crippen molar-refractivity contribution in [3.8, 4) is 5.75 Å². The minimum Gasteiger partial charge on any atom is -0.497 e. The number of H-pyrrole nitrogens is 1. The molecule has 0 spiro atoms. The summed E-state index contributed by atoms with van der Waals surface area (Å²) < 4.78 is 15.9. The van der Waals surface area contributed by atoms with Crippen LogP contribution in [0.15, 0.2) is 59.4 Å². The number of fused-ring (bicyclic) bond motifs is 1. The average molecular weight is 505 g/mol. The number of carbonyl (C=O) groups excluding carboxylic acids is 2. The standard InChI is InChI=1S/C27H24N2O6S/c1-4-34-27(32)23-16(2)22-24(30)28-21(29-25(22)36-23)15-35-26(31)20(18-10-6-5-7-11-18)14-17-9-8-12-19(13-17)33-3/h5-14H,4,15H2,1-3H3,(H,28,29,30)/b20-14+. The van der Waals surface area contributed by atoms with Gasteiger partial charge >= 0.3 is 11.9 Å². The predicted octanol–water partition coefficient (Wildman–Crippen LogP) is 4.76. The lowest BCUT2D eigenvalue weighted by molar-refractivity contribution is -0.138. The second kappa shape index (κ2) is 11.0. The molecule has 36 heavy (non-hydrogen) atoms. The van der Waals surface area contributed by atoms with Gasteiger partial charge in [0.15, 0.2) is 0 Å². The van der Waals surface area contributed by atoms with Crippen LogP contribution in [0, 0.1) is 6.92 Å². The van der Waals surface area contributed by atoms with Crippen LogP contribution in [0.5, 0.6) is 5.75 Å². The van der Waals surface area contributed by atoms with Crippen LogP contribution in [0.4, 0.5) is 0 Å². The number of esters is 2. The first kappa shape index (κ1) is 24.9. The Balaban J connectivity index is 1.62. The Morgan fingerprint density at radius 2 is 1.86 bits per heavy atom. The zero-order valence-electron chi connectivity index (χ0n) is 20.0. The fourth-order valence-corrected chi connectivity index (χ4v) is 4.73. The molecule has 0 saturated heterocycles. The van der Waals surface area contributed by atoms with E-state index in [1.165, 1.54) is 0 Å². The molecule has 0 fully saturated rings. The number of aryl methyl sites for hydroxylation is 1. The van der Waals surface area contributed by atoms with Crippen molar-refractivity contribution >= 4 is 45.1 Å². The van der Waals surface area contributed by atoms with Crippen LogP contribution in [0.2, 0.25) is 0 Å². The number of aromatic nitrogens is 2. The Labute approximate surface area is 211 Å². The van der Waals surface area contributed by atoms with E-state index >= 15 is 0 Å². The fraction of sp³-hybridized carbons (Fsp3) is 0.185. The average Bonchev–Trinajstić information content (AvgIpc) is 3.23. The predicted molar refractivity (Wildman–Crippen MR) is 138 cm³/mol. The molecule has 8 nitrogen and oxygen atoms in total. The summed E-state index contributed by atoms with van der Waals surface area (Å²) in [5, 5.41) is 0.320. The Morgan fingerprint density at radius 1 is 1.08 bits per heavy atom. The molecule has 0 aliphatic heterocycles. The molecule has 9 heteroatoms. The highest BCUT2D eigenvalue weighted by atomic mass is 32.1. The van der Waals surface area contributed by atoms with E-state index in [1.54, 1.807) is 27.0 Å². The minimum absolute atomic E-state index is 0.173. The summed E-state index contributed by atoms with van der Waals surface area (Å²) in [5.74, 6) is -0.249. The molecule has 2 heterocycles. The van der Waals surface area contributed by atoms with Crippen LogP contribution in [0.3, 0.4) is 0 Å². The Hall–Kier alpha value is -4.24. The van der Waals surface area contributed by atoms with Crippen molar-refractivity contribution in [2.75, 3.05) is 13.7 Å². The third-order valence-corrected chi connectivity index (χ3v) is 6.53. The van der Waals surface area contributed by atoms with Crippen molar-refractivity contribution in [2.45, 2.75) is 20.5 Å². The molecule has 0 atom stereocenters. The second-order valence-electron chi connectivity index (χ2n) is 7.75. The summed E-state index contributed by atoms with van der Waals surface area (Å²) in [5.41, 5.74) is 1.88. The molecule has 0 radical (unpaired) electrons. The number of nitrogens with one attached hydrogen (secondary N) is 1. The molecule has 0 unspecified atom stereocenters. The van der Waals surface area contributed by atoms with Crippen LogP contribution in [-0.2, 0) is 20.9 Å². The third-order valence-electron chi connectivity index (χ3n) is 5.36. The van der Waals surface area contributed by atoms with Crippen LogP contribution in [-0.4, -0.2) is 35.6 Å². The molecule has 4 aromatic rings. The number of thiophene rings is 1. The molecule has 0 aliphatic rings. The largest absolute Gasteiger partial charge is 0.497 e. The van der Waals surface area contributed by atoms with Crippen molar-refractivity contribution in [3.05, 3.63) is 92.3 Å². The topological polar surface area (TPSA) is 108 Å². The molecule has 0 amide bonds. The quantitative estimate of drug-likeness (QED) is 0.209. The van der Waals surface area contributed by atoms with Gasteiger partial charge in [0.25, 0.3) is 5.56 Å². The number of nitrogens with zero attached hydrogens (tertiary/aromatic N) is 1. The number of benzene rings is 2. The van der Waals surface area contributed by atoms with E-state index < -0.39 is 17.5 Å². The molecular weight excluding hydrogens is 480 g/mol. The van der Waals surface area contributed by atoms with Gasteiger partial charge in [-0.3, -0.25) is 4.79 Å². The first-order chi connectivity index (χ1) is 17.4. The lowest BCUT2D eigenvalue weighted by Gasteiger charge is -2.09. The molecule has 1 N–H and O–H groups in total. The Bertz CT molecular complexity index is 1500. The van der Waals surface area contributed by atoms with Crippen LogP contribution in [0.1, 0.15) is 39.1 Å². The van der Waals surface area contributed by atoms with Gasteiger partial charge in [0.05, 0.1) is 24.7 Å². The van der Waals surface area contributed by atoms with E-state index in [2.05, 4.69) is 9.97 Å². The summed E-state index contributed by atoms with van der Waals surface area (Å²) >= 11 is 1.07. The molecule has 0 saturated carbocycles. The zero-order chi connectivity index (χ0) is 25.7. The maximum Gasteiger partial charge on any atom is 0.348 e. The lowest BCUT2D eigenvalue weighted by Crippen LogP contribution is -2.15. The highest BCUT2D eigenvalue weighted by Gasteiger charge is 2.21. The van der Waals surface area contributed by atoms with Gasteiger partial charge in [-0.15, -0.1) is 11.3 Å². The molecule has 184 valence electrons. The van der Waals surface area contributed by atoms with Gasteiger partial charge < -0.3 is 19.2 Å². The van der Waals surface area contributed by atoms with E-state index in [9.17, 15) is 14.4 Å². The van der Waals surface area contributed by atoms with Crippen molar-refractivity contribution in [1.82, 2.24) is 9.97 Å². The summed E-state index contributed by atoms with van der Waals surface area (Å²) in [6, 6.07) is 16.4. The van der Waals surface area contributed by atoms with Crippen molar-refractivity contribution < 1.29 is 23.8 Å². The van der Waals surface area contributed by atoms with E-state index in [4.69, 9.17) is 14.2 Å². The number of hydrogen-bond donors (Lipinski definition) is 1. The van der Waals surface area contributed by atoms with Gasteiger partial charge in [-0.2, -0.15) is 0 Å². The molecule has 0 aliphatic carbocycles. The number of aromatic amines is 1. The first-order valence-electron chi connectivity index (χ1n) is 11.2. The van der Waals surface area contributed by atoms with E-state index in [1.807, 2.05) is 54.6 Å². The summed E-state index contributed by atoms with van der Waals surface area (Å²) in [4.78, 5) is 45.8. The number of ether oxygens (including phenoxy) is 3. The second-order valence-corrected chi connectivity index (χ2v) is 8.75. The van der Waals surface area contributed by atoms with Gasteiger partial charge in [0, 0.05) is 0 Å². The number of methoxy groups -OCH3 is 1. The maximum absolute atomic E-state index is 13.1. The molecular formula is C27H24N2O6S. The number of carbonyl (C=O) groups is 2. The molecule has 0 bridgehead atoms. The van der Waals surface area contributed by atoms with Gasteiger partial charge in [-0.25, -0.2) is 14.6 Å². The van der Waals surface area contributed by atoms with Crippen molar-refractivity contribution in [1.29, 1.82) is 0 Å². The van der Waals surface area contributed by atoms with E-state index in [0.29, 0.717) is 37.5 Å². The minimum atomic E-state index is -0.582. The van der Waals surface area contributed by atoms with Gasteiger partial charge in [0.1, 0.15) is 27.9 Å². The van der Waals surface area contributed by atoms with Crippen LogP contribution >= 0.6 is 11.3 Å². The Morgan fingerprint density at radius 3 is 2.58 bits per heavy atom. The van der Waals surface area contributed by atoms with Crippen molar-refractivity contribution in [2.24, 2.45) is 0 Å². The summed E-state index contributed by atoms with van der Waals surface area (Å²) in [6.07, 6.45) is 1.72. The van der Waals surface area contributed by atoms with Crippen LogP contribution in [0.25, 0.3) is 21.9 Å². The van der Waals surface area contributed by atoms with Crippen LogP contribution < -0.4 is 10.3 Å². The van der Waals surface area contributed by atoms with Gasteiger partial charge in [-0.05, 0) is 48.7 Å². The highest BCUT2D eigenvalue weighted by molar-refractivity contribution is 7.20. The van der Waals surface area contributed by atoms with Gasteiger partial charge in [0.2, 0.25) is 0 Å². The summed E-state index contributed by atoms with van der Waals surface area (Å²) in [7, 11) is 1.57. The zero-order valence-corrected chi connectivity index (χ0v) is 20.8. The monoisotopic (exact) mass is 504 g/mol. The number of rotatable bonds is 8.